The minimum atomic E-state index is -1.44. The van der Waals surface area contributed by atoms with Gasteiger partial charge in [0.25, 0.3) is 5.91 Å². The van der Waals surface area contributed by atoms with Crippen molar-refractivity contribution in [3.63, 3.8) is 0 Å². The Bertz CT molecular complexity index is 545. The third kappa shape index (κ3) is 4.11. The largest absolute Gasteiger partial charge is 0.480 e. The summed E-state index contributed by atoms with van der Waals surface area (Å²) in [6.07, 6.45) is -0.259. The summed E-state index contributed by atoms with van der Waals surface area (Å²) >= 11 is 0. The number of amides is 1. The summed E-state index contributed by atoms with van der Waals surface area (Å²) in [5.41, 5.74) is -0.485. The second-order valence-corrected chi connectivity index (χ2v) is 4.08. The minimum Gasteiger partial charge on any atom is -0.480 e. The second-order valence-electron chi connectivity index (χ2n) is 4.08. The van der Waals surface area contributed by atoms with Gasteiger partial charge in [-0.25, -0.2) is 13.6 Å². The lowest BCUT2D eigenvalue weighted by atomic mass is 10.1. The van der Waals surface area contributed by atoms with Crippen LogP contribution in [0.4, 0.5) is 8.78 Å². The van der Waals surface area contributed by atoms with Crippen LogP contribution in [0.3, 0.4) is 0 Å². The topological polar surface area (TPSA) is 83.5 Å². The van der Waals surface area contributed by atoms with E-state index in [0.717, 1.165) is 12.1 Å². The molecular formula is C13H13F2NO4. The number of carbonyl (C=O) groups excluding carboxylic acids is 2. The van der Waals surface area contributed by atoms with Crippen molar-refractivity contribution in [1.29, 1.82) is 0 Å². The predicted molar refractivity (Wildman–Crippen MR) is 65.2 cm³/mol. The van der Waals surface area contributed by atoms with Crippen LogP contribution >= 0.6 is 0 Å². The highest BCUT2D eigenvalue weighted by Crippen LogP contribution is 2.10. The van der Waals surface area contributed by atoms with Crippen molar-refractivity contribution in [2.45, 2.75) is 25.8 Å². The lowest BCUT2D eigenvalue weighted by Crippen LogP contribution is -2.42. The van der Waals surface area contributed by atoms with Gasteiger partial charge in [-0.05, 0) is 12.1 Å². The van der Waals surface area contributed by atoms with Crippen LogP contribution in [-0.4, -0.2) is 28.8 Å². The lowest BCUT2D eigenvalue weighted by Gasteiger charge is -2.13. The van der Waals surface area contributed by atoms with Gasteiger partial charge in [0.05, 0.1) is 5.56 Å². The molecule has 0 aromatic heterocycles. The van der Waals surface area contributed by atoms with Crippen LogP contribution in [0.1, 0.15) is 30.1 Å². The van der Waals surface area contributed by atoms with Gasteiger partial charge in [-0.2, -0.15) is 0 Å². The van der Waals surface area contributed by atoms with Crippen molar-refractivity contribution < 1.29 is 28.3 Å². The van der Waals surface area contributed by atoms with Gasteiger partial charge in [0.1, 0.15) is 23.5 Å². The molecule has 2 N–H and O–H groups in total. The third-order valence-electron chi connectivity index (χ3n) is 2.61. The van der Waals surface area contributed by atoms with E-state index < -0.39 is 35.1 Å². The first-order valence-corrected chi connectivity index (χ1v) is 5.85. The molecule has 20 heavy (non-hydrogen) atoms. The molecule has 108 valence electrons. The zero-order chi connectivity index (χ0) is 15.3. The van der Waals surface area contributed by atoms with Crippen LogP contribution in [0.5, 0.6) is 0 Å². The number of aliphatic carboxylic acids is 1. The van der Waals surface area contributed by atoms with Gasteiger partial charge in [-0.15, -0.1) is 0 Å². The maximum absolute atomic E-state index is 13.4. The minimum absolute atomic E-state index is 0.130. The molecule has 0 heterocycles. The summed E-state index contributed by atoms with van der Waals surface area (Å²) in [5.74, 6) is -4.72. The maximum Gasteiger partial charge on any atom is 0.326 e. The van der Waals surface area contributed by atoms with E-state index in [0.29, 0.717) is 6.07 Å². The van der Waals surface area contributed by atoms with Gasteiger partial charge in [-0.3, -0.25) is 9.59 Å². The third-order valence-corrected chi connectivity index (χ3v) is 2.61. The van der Waals surface area contributed by atoms with Crippen LogP contribution < -0.4 is 5.32 Å². The molecule has 0 aliphatic carbocycles. The van der Waals surface area contributed by atoms with E-state index in [1.165, 1.54) is 0 Å². The van der Waals surface area contributed by atoms with Gasteiger partial charge in [0, 0.05) is 18.9 Å². The molecule has 1 unspecified atom stereocenters. The van der Waals surface area contributed by atoms with Crippen molar-refractivity contribution in [1.82, 2.24) is 5.32 Å². The number of benzene rings is 1. The van der Waals surface area contributed by atoms with E-state index in [2.05, 4.69) is 0 Å². The SMILES string of the molecule is CCC(=O)CC(NC(=O)c1ccc(F)cc1F)C(=O)O. The first-order chi connectivity index (χ1) is 9.35. The first-order valence-electron chi connectivity index (χ1n) is 5.85. The highest BCUT2D eigenvalue weighted by molar-refractivity contribution is 5.98. The quantitative estimate of drug-likeness (QED) is 0.830. The number of hydrogen-bond acceptors (Lipinski definition) is 3. The van der Waals surface area contributed by atoms with Crippen LogP contribution in [0.2, 0.25) is 0 Å². The van der Waals surface area contributed by atoms with Crippen molar-refractivity contribution in [2.24, 2.45) is 0 Å². The standard InChI is InChI=1S/C13H13F2NO4/c1-2-8(17)6-11(13(19)20)16-12(18)9-4-3-7(14)5-10(9)15/h3-5,11H,2,6H2,1H3,(H,16,18)(H,19,20). The lowest BCUT2D eigenvalue weighted by molar-refractivity contribution is -0.141. The average Bonchev–Trinajstić information content (AvgIpc) is 2.37. The maximum atomic E-state index is 13.4. The van der Waals surface area contributed by atoms with E-state index in [4.69, 9.17) is 5.11 Å². The number of carbonyl (C=O) groups is 3. The Kier molecular flexibility index (Phi) is 5.31. The molecule has 0 fully saturated rings. The zero-order valence-electron chi connectivity index (χ0n) is 10.7. The summed E-state index contributed by atoms with van der Waals surface area (Å²) in [6.45, 7) is 1.56. The molecule has 7 heteroatoms. The number of nitrogens with one attached hydrogen (secondary N) is 1. The molecule has 0 spiro atoms. The fourth-order valence-electron chi connectivity index (χ4n) is 1.48. The van der Waals surface area contributed by atoms with Gasteiger partial charge in [-0.1, -0.05) is 6.92 Å². The number of carboxylic acid groups (broad SMARTS) is 1. The first kappa shape index (κ1) is 15.7. The molecule has 0 saturated carbocycles. The van der Waals surface area contributed by atoms with Gasteiger partial charge in [0.15, 0.2) is 0 Å². The number of Topliss-reactive ketones (excluding diaryl/α,β-unsaturated/α-hetero) is 1. The molecule has 0 aliphatic rings. The van der Waals surface area contributed by atoms with Gasteiger partial charge in [0.2, 0.25) is 0 Å². The monoisotopic (exact) mass is 285 g/mol. The number of halogens is 2. The average molecular weight is 285 g/mol. The number of hydrogen-bond donors (Lipinski definition) is 2. The number of carboxylic acids is 1. The summed E-state index contributed by atoms with van der Waals surface area (Å²) in [6, 6.07) is 0.854. The molecule has 1 aromatic carbocycles. The van der Waals surface area contributed by atoms with Crippen LogP contribution in [0, 0.1) is 11.6 Å². The van der Waals surface area contributed by atoms with Crippen LogP contribution in [0.15, 0.2) is 18.2 Å². The van der Waals surface area contributed by atoms with E-state index in [-0.39, 0.29) is 18.6 Å². The summed E-state index contributed by atoms with van der Waals surface area (Å²) in [5, 5.41) is 10.9. The fraction of sp³-hybridized carbons (Fsp3) is 0.308. The van der Waals surface area contributed by atoms with Crippen molar-refractivity contribution >= 4 is 17.7 Å². The smallest absolute Gasteiger partial charge is 0.326 e. The zero-order valence-corrected chi connectivity index (χ0v) is 10.7. The normalized spacial score (nSPS) is 11.8. The summed E-state index contributed by atoms with van der Waals surface area (Å²) in [7, 11) is 0. The molecule has 5 nitrogen and oxygen atoms in total. The Balaban J connectivity index is 2.85. The van der Waals surface area contributed by atoms with E-state index in [1.807, 2.05) is 5.32 Å². The van der Waals surface area contributed by atoms with Crippen LogP contribution in [0.25, 0.3) is 0 Å². The molecule has 0 bridgehead atoms. The highest BCUT2D eigenvalue weighted by atomic mass is 19.1. The molecule has 1 amide bonds. The predicted octanol–water partition coefficient (Wildman–Crippen LogP) is 1.52. The number of ketones is 1. The van der Waals surface area contributed by atoms with Crippen molar-refractivity contribution in [2.75, 3.05) is 0 Å². The Morgan fingerprint density at radius 3 is 2.45 bits per heavy atom. The molecule has 1 aromatic rings. The fourth-order valence-corrected chi connectivity index (χ4v) is 1.48. The molecule has 0 saturated heterocycles. The van der Waals surface area contributed by atoms with Gasteiger partial charge >= 0.3 is 5.97 Å². The van der Waals surface area contributed by atoms with Gasteiger partial charge < -0.3 is 10.4 Å². The molecule has 0 aliphatic heterocycles. The van der Waals surface area contributed by atoms with Crippen molar-refractivity contribution in [3.8, 4) is 0 Å². The van der Waals surface area contributed by atoms with Crippen LogP contribution in [-0.2, 0) is 9.59 Å². The molecule has 1 atom stereocenters. The summed E-state index contributed by atoms with van der Waals surface area (Å²) < 4.78 is 26.1. The summed E-state index contributed by atoms with van der Waals surface area (Å²) in [4.78, 5) is 33.9. The molecule has 1 rings (SSSR count). The van der Waals surface area contributed by atoms with E-state index >= 15 is 0 Å². The highest BCUT2D eigenvalue weighted by Gasteiger charge is 2.24. The Hall–Kier alpha value is -2.31. The second kappa shape index (κ2) is 6.74. The molecular weight excluding hydrogens is 272 g/mol. The Morgan fingerprint density at radius 2 is 1.95 bits per heavy atom. The Morgan fingerprint density at radius 1 is 1.30 bits per heavy atom. The van der Waals surface area contributed by atoms with E-state index in [1.54, 1.807) is 6.92 Å². The van der Waals surface area contributed by atoms with E-state index in [9.17, 15) is 23.2 Å². The number of rotatable bonds is 6. The molecule has 0 radical (unpaired) electrons. The van der Waals surface area contributed by atoms with Crippen molar-refractivity contribution in [3.05, 3.63) is 35.4 Å². The Labute approximate surface area is 113 Å².